The Bertz CT molecular complexity index is 500. The Labute approximate surface area is 107 Å². The van der Waals surface area contributed by atoms with Crippen LogP contribution in [0.5, 0.6) is 5.75 Å². The molecule has 92 valence electrons. The first-order chi connectivity index (χ1) is 8.79. The number of aryl methyl sites for hydroxylation is 1. The summed E-state index contributed by atoms with van der Waals surface area (Å²) >= 11 is 0. The van der Waals surface area contributed by atoms with Crippen molar-refractivity contribution in [1.82, 2.24) is 0 Å². The van der Waals surface area contributed by atoms with E-state index in [1.54, 1.807) is 7.11 Å². The van der Waals surface area contributed by atoms with E-state index in [1.807, 2.05) is 54.6 Å². The lowest BCUT2D eigenvalue weighted by molar-refractivity contribution is 0.0983. The van der Waals surface area contributed by atoms with Gasteiger partial charge in [0, 0.05) is 12.0 Å². The number of methoxy groups -OCH3 is 1. The fourth-order valence-corrected chi connectivity index (χ4v) is 1.82. The molecule has 0 unspecified atom stereocenters. The van der Waals surface area contributed by atoms with E-state index in [0.29, 0.717) is 6.42 Å². The first kappa shape index (κ1) is 12.4. The fourth-order valence-electron chi connectivity index (χ4n) is 1.82. The molecule has 0 aliphatic rings. The minimum atomic E-state index is 0.186. The maximum Gasteiger partial charge on any atom is 0.163 e. The van der Waals surface area contributed by atoms with Crippen LogP contribution in [0, 0.1) is 0 Å². The number of benzene rings is 2. The monoisotopic (exact) mass is 240 g/mol. The molecule has 0 fully saturated rings. The van der Waals surface area contributed by atoms with Gasteiger partial charge in [0.1, 0.15) is 5.75 Å². The van der Waals surface area contributed by atoms with E-state index in [-0.39, 0.29) is 5.78 Å². The van der Waals surface area contributed by atoms with Gasteiger partial charge in [-0.1, -0.05) is 42.5 Å². The van der Waals surface area contributed by atoms with E-state index in [4.69, 9.17) is 4.74 Å². The third kappa shape index (κ3) is 3.20. The second-order valence-corrected chi connectivity index (χ2v) is 4.14. The van der Waals surface area contributed by atoms with Crippen LogP contribution < -0.4 is 4.74 Å². The Kier molecular flexibility index (Phi) is 4.13. The van der Waals surface area contributed by atoms with Crippen LogP contribution >= 0.6 is 0 Å². The summed E-state index contributed by atoms with van der Waals surface area (Å²) in [6.45, 7) is 0. The largest absolute Gasteiger partial charge is 0.497 e. The molecule has 0 saturated heterocycles. The lowest BCUT2D eigenvalue weighted by atomic mass is 10.0. The molecular weight excluding hydrogens is 224 g/mol. The molecule has 0 radical (unpaired) electrons. The van der Waals surface area contributed by atoms with E-state index in [2.05, 4.69) is 0 Å². The lowest BCUT2D eigenvalue weighted by Crippen LogP contribution is -2.00. The summed E-state index contributed by atoms with van der Waals surface area (Å²) in [4.78, 5) is 11.9. The minimum Gasteiger partial charge on any atom is -0.497 e. The molecule has 0 heterocycles. The van der Waals surface area contributed by atoms with Crippen LogP contribution in [0.25, 0.3) is 0 Å². The first-order valence-electron chi connectivity index (χ1n) is 6.01. The molecular formula is C16H16O2. The van der Waals surface area contributed by atoms with E-state index in [0.717, 1.165) is 23.3 Å². The highest BCUT2D eigenvalue weighted by Crippen LogP contribution is 2.13. The third-order valence-corrected chi connectivity index (χ3v) is 2.90. The second-order valence-electron chi connectivity index (χ2n) is 4.14. The molecule has 18 heavy (non-hydrogen) atoms. The van der Waals surface area contributed by atoms with Crippen molar-refractivity contribution in [2.75, 3.05) is 7.11 Å². The number of rotatable bonds is 5. The molecule has 0 bridgehead atoms. The number of carbonyl (C=O) groups is 1. The highest BCUT2D eigenvalue weighted by molar-refractivity contribution is 5.96. The summed E-state index contributed by atoms with van der Waals surface area (Å²) in [5.74, 6) is 1.03. The van der Waals surface area contributed by atoms with Crippen molar-refractivity contribution in [2.45, 2.75) is 12.8 Å². The fraction of sp³-hybridized carbons (Fsp3) is 0.188. The summed E-state index contributed by atoms with van der Waals surface area (Å²) in [7, 11) is 1.65. The van der Waals surface area contributed by atoms with Crippen LogP contribution in [0.4, 0.5) is 0 Å². The van der Waals surface area contributed by atoms with Gasteiger partial charge in [0.25, 0.3) is 0 Å². The SMILES string of the molecule is COc1ccc(CCC(=O)c2ccccc2)cc1. The predicted octanol–water partition coefficient (Wildman–Crippen LogP) is 3.51. The summed E-state index contributed by atoms with van der Waals surface area (Å²) in [6.07, 6.45) is 1.30. The smallest absolute Gasteiger partial charge is 0.163 e. The molecule has 0 atom stereocenters. The van der Waals surface area contributed by atoms with Gasteiger partial charge in [0.15, 0.2) is 5.78 Å². The second kappa shape index (κ2) is 6.01. The van der Waals surface area contributed by atoms with Crippen LogP contribution in [0.15, 0.2) is 54.6 Å². The zero-order valence-electron chi connectivity index (χ0n) is 10.4. The Balaban J connectivity index is 1.93. The number of ketones is 1. The van der Waals surface area contributed by atoms with Crippen molar-refractivity contribution in [3.05, 3.63) is 65.7 Å². The van der Waals surface area contributed by atoms with Crippen LogP contribution in [-0.2, 0) is 6.42 Å². The van der Waals surface area contributed by atoms with E-state index in [9.17, 15) is 4.79 Å². The van der Waals surface area contributed by atoms with Crippen molar-refractivity contribution in [2.24, 2.45) is 0 Å². The zero-order valence-corrected chi connectivity index (χ0v) is 10.4. The maximum absolute atomic E-state index is 11.9. The highest BCUT2D eigenvalue weighted by Gasteiger charge is 2.05. The first-order valence-corrected chi connectivity index (χ1v) is 6.01. The van der Waals surface area contributed by atoms with Crippen molar-refractivity contribution in [3.8, 4) is 5.75 Å². The van der Waals surface area contributed by atoms with Crippen molar-refractivity contribution < 1.29 is 9.53 Å². The highest BCUT2D eigenvalue weighted by atomic mass is 16.5. The zero-order chi connectivity index (χ0) is 12.8. The van der Waals surface area contributed by atoms with E-state index >= 15 is 0 Å². The van der Waals surface area contributed by atoms with Crippen LogP contribution in [0.1, 0.15) is 22.3 Å². The molecule has 0 amide bonds. The number of hydrogen-bond donors (Lipinski definition) is 0. The number of carbonyl (C=O) groups excluding carboxylic acids is 1. The minimum absolute atomic E-state index is 0.186. The van der Waals surface area contributed by atoms with Gasteiger partial charge in [-0.15, -0.1) is 0 Å². The average molecular weight is 240 g/mol. The van der Waals surface area contributed by atoms with Crippen LogP contribution in [0.3, 0.4) is 0 Å². The van der Waals surface area contributed by atoms with Gasteiger partial charge in [0.2, 0.25) is 0 Å². The summed E-state index contributed by atoms with van der Waals surface area (Å²) in [6, 6.07) is 17.2. The van der Waals surface area contributed by atoms with E-state index < -0.39 is 0 Å². The summed E-state index contributed by atoms with van der Waals surface area (Å²) in [5.41, 5.74) is 1.94. The van der Waals surface area contributed by atoms with Gasteiger partial charge < -0.3 is 4.74 Å². The Hall–Kier alpha value is -2.09. The molecule has 0 aliphatic carbocycles. The Morgan fingerprint density at radius 3 is 2.28 bits per heavy atom. The third-order valence-electron chi connectivity index (χ3n) is 2.90. The van der Waals surface area contributed by atoms with Crippen LogP contribution in [0.2, 0.25) is 0 Å². The lowest BCUT2D eigenvalue weighted by Gasteiger charge is -2.03. The summed E-state index contributed by atoms with van der Waals surface area (Å²) < 4.78 is 5.10. The molecule has 0 N–H and O–H groups in total. The Morgan fingerprint density at radius 1 is 1.00 bits per heavy atom. The quantitative estimate of drug-likeness (QED) is 0.747. The topological polar surface area (TPSA) is 26.3 Å². The molecule has 2 nitrogen and oxygen atoms in total. The van der Waals surface area contributed by atoms with Crippen molar-refractivity contribution >= 4 is 5.78 Å². The molecule has 2 rings (SSSR count). The van der Waals surface area contributed by atoms with Gasteiger partial charge in [-0.25, -0.2) is 0 Å². The molecule has 0 aromatic heterocycles. The predicted molar refractivity (Wildman–Crippen MR) is 72.1 cm³/mol. The van der Waals surface area contributed by atoms with Crippen molar-refractivity contribution in [1.29, 1.82) is 0 Å². The molecule has 2 aromatic carbocycles. The van der Waals surface area contributed by atoms with Gasteiger partial charge in [0.05, 0.1) is 7.11 Å². The van der Waals surface area contributed by atoms with Gasteiger partial charge in [-0.05, 0) is 24.1 Å². The van der Waals surface area contributed by atoms with Gasteiger partial charge in [-0.2, -0.15) is 0 Å². The number of ether oxygens (including phenoxy) is 1. The summed E-state index contributed by atoms with van der Waals surface area (Å²) in [5, 5.41) is 0. The van der Waals surface area contributed by atoms with Crippen LogP contribution in [-0.4, -0.2) is 12.9 Å². The standard InChI is InChI=1S/C16H16O2/c1-18-15-10-7-13(8-11-15)9-12-16(17)14-5-3-2-4-6-14/h2-8,10-11H,9,12H2,1H3. The molecule has 0 spiro atoms. The van der Waals surface area contributed by atoms with Gasteiger partial charge >= 0.3 is 0 Å². The number of Topliss-reactive ketones (excluding diaryl/α,β-unsaturated/α-hetero) is 1. The molecule has 2 heteroatoms. The van der Waals surface area contributed by atoms with Gasteiger partial charge in [-0.3, -0.25) is 4.79 Å². The normalized spacial score (nSPS) is 10.1. The maximum atomic E-state index is 11.9. The Morgan fingerprint density at radius 2 is 1.67 bits per heavy atom. The average Bonchev–Trinajstić information content (AvgIpc) is 2.46. The molecule has 0 saturated carbocycles. The molecule has 2 aromatic rings. The van der Waals surface area contributed by atoms with E-state index in [1.165, 1.54) is 0 Å². The van der Waals surface area contributed by atoms with Crippen molar-refractivity contribution in [3.63, 3.8) is 0 Å². The number of hydrogen-bond acceptors (Lipinski definition) is 2. The molecule has 0 aliphatic heterocycles.